The second-order valence-electron chi connectivity index (χ2n) is 7.11. The van der Waals surface area contributed by atoms with Gasteiger partial charge in [-0.3, -0.25) is 4.31 Å². The summed E-state index contributed by atoms with van der Waals surface area (Å²) in [5, 5.41) is 9.84. The highest BCUT2D eigenvalue weighted by molar-refractivity contribution is 7.92. The largest absolute Gasteiger partial charge is 0.507 e. The minimum Gasteiger partial charge on any atom is -0.507 e. The van der Waals surface area contributed by atoms with E-state index in [4.69, 9.17) is 0 Å². The average Bonchev–Trinajstić information content (AvgIpc) is 2.66. The van der Waals surface area contributed by atoms with Gasteiger partial charge in [0.05, 0.1) is 24.1 Å². The van der Waals surface area contributed by atoms with Gasteiger partial charge in [0.1, 0.15) is 11.3 Å². The fourth-order valence-electron chi connectivity index (χ4n) is 3.54. The number of rotatable bonds is 4. The van der Waals surface area contributed by atoms with Crippen LogP contribution >= 0.6 is 0 Å². The van der Waals surface area contributed by atoms with Crippen molar-refractivity contribution in [2.45, 2.75) is 43.3 Å². The maximum atomic E-state index is 13.4. The van der Waals surface area contributed by atoms with Crippen LogP contribution in [-0.4, -0.2) is 38.8 Å². The molecule has 6 nitrogen and oxygen atoms in total. The van der Waals surface area contributed by atoms with E-state index in [-0.39, 0.29) is 16.0 Å². The van der Waals surface area contributed by atoms with Crippen LogP contribution in [-0.2, 0) is 27.6 Å². The van der Waals surface area contributed by atoms with Crippen LogP contribution in [0, 0.1) is 0 Å². The van der Waals surface area contributed by atoms with Crippen LogP contribution in [0.2, 0.25) is 0 Å². The normalized spacial score (nSPS) is 16.8. The Bertz CT molecular complexity index is 1080. The van der Waals surface area contributed by atoms with Gasteiger partial charge in [-0.1, -0.05) is 12.1 Å². The minimum absolute atomic E-state index is 0.0609. The molecule has 0 aliphatic carbocycles. The van der Waals surface area contributed by atoms with Gasteiger partial charge >= 0.3 is 12.1 Å². The maximum Gasteiger partial charge on any atom is 0.393 e. The van der Waals surface area contributed by atoms with Crippen molar-refractivity contribution in [1.82, 2.24) is 0 Å². The summed E-state index contributed by atoms with van der Waals surface area (Å²) in [6.07, 6.45) is -4.60. The Morgan fingerprint density at radius 3 is 2.57 bits per heavy atom. The highest BCUT2D eigenvalue weighted by Crippen LogP contribution is 2.37. The Hall–Kier alpha value is -2.75. The smallest absolute Gasteiger partial charge is 0.393 e. The third kappa shape index (κ3) is 4.23. The number of ether oxygens (including phenoxy) is 1. The second kappa shape index (κ2) is 7.82. The molecule has 2 aromatic carbocycles. The maximum absolute atomic E-state index is 13.4. The van der Waals surface area contributed by atoms with Crippen molar-refractivity contribution in [1.29, 1.82) is 0 Å². The van der Waals surface area contributed by atoms with E-state index in [0.29, 0.717) is 24.1 Å². The SMILES string of the molecule is COC(=O)c1cc(S(=O)(=O)N2c3ccc(CC(F)(F)F)cc3CC[C@@H]2C)ccc1O. The summed E-state index contributed by atoms with van der Waals surface area (Å²) in [6.45, 7) is 1.70. The number of anilines is 1. The standard InChI is InChI=1S/C20H20F3NO5S/c1-12-3-5-14-9-13(11-20(21,22)23)4-7-17(14)24(12)30(27,28)15-6-8-18(25)16(10-15)19(26)29-2/h4,6-10,12,25H,3,5,11H2,1-2H3/t12-/m0/s1. The fourth-order valence-corrected chi connectivity index (χ4v) is 5.29. The summed E-state index contributed by atoms with van der Waals surface area (Å²) in [5.41, 5.74) is 0.563. The van der Waals surface area contributed by atoms with Crippen LogP contribution in [0.1, 0.15) is 34.8 Å². The van der Waals surface area contributed by atoms with Crippen LogP contribution < -0.4 is 4.31 Å². The van der Waals surface area contributed by atoms with Crippen molar-refractivity contribution in [3.63, 3.8) is 0 Å². The number of methoxy groups -OCH3 is 1. The van der Waals surface area contributed by atoms with Crippen molar-refractivity contribution in [3.8, 4) is 5.75 Å². The number of benzene rings is 2. The Labute approximate surface area is 171 Å². The summed E-state index contributed by atoms with van der Waals surface area (Å²) >= 11 is 0. The van der Waals surface area contributed by atoms with Crippen molar-refractivity contribution in [2.24, 2.45) is 0 Å². The fraction of sp³-hybridized carbons (Fsp3) is 0.350. The lowest BCUT2D eigenvalue weighted by molar-refractivity contribution is -0.127. The van der Waals surface area contributed by atoms with Crippen LogP contribution in [0.15, 0.2) is 41.3 Å². The van der Waals surface area contributed by atoms with E-state index in [1.165, 1.54) is 18.2 Å². The molecule has 10 heteroatoms. The van der Waals surface area contributed by atoms with Gasteiger partial charge in [-0.05, 0) is 55.2 Å². The molecule has 0 saturated carbocycles. The number of fused-ring (bicyclic) bond motifs is 1. The van der Waals surface area contributed by atoms with Gasteiger partial charge in [0.25, 0.3) is 10.0 Å². The number of alkyl halides is 3. The zero-order chi connectivity index (χ0) is 22.3. The summed E-state index contributed by atoms with van der Waals surface area (Å²) in [5.74, 6) is -1.32. The topological polar surface area (TPSA) is 83.9 Å². The van der Waals surface area contributed by atoms with E-state index in [1.54, 1.807) is 6.92 Å². The van der Waals surface area contributed by atoms with Gasteiger partial charge in [-0.2, -0.15) is 13.2 Å². The van der Waals surface area contributed by atoms with Gasteiger partial charge < -0.3 is 9.84 Å². The number of aryl methyl sites for hydroxylation is 1. The summed E-state index contributed by atoms with van der Waals surface area (Å²) in [6, 6.07) is 6.85. The molecule has 0 radical (unpaired) electrons. The van der Waals surface area contributed by atoms with E-state index in [0.717, 1.165) is 29.6 Å². The van der Waals surface area contributed by atoms with Crippen LogP contribution in [0.4, 0.5) is 18.9 Å². The lowest BCUT2D eigenvalue weighted by Crippen LogP contribution is -2.42. The number of phenols is 1. The molecule has 1 aliphatic rings. The minimum atomic E-state index is -4.36. The first-order chi connectivity index (χ1) is 13.9. The zero-order valence-electron chi connectivity index (χ0n) is 16.2. The van der Waals surface area contributed by atoms with E-state index in [2.05, 4.69) is 4.74 Å². The number of carbonyl (C=O) groups is 1. The number of nitrogens with zero attached hydrogens (tertiary/aromatic N) is 1. The lowest BCUT2D eigenvalue weighted by Gasteiger charge is -2.36. The molecule has 0 aromatic heterocycles. The van der Waals surface area contributed by atoms with Crippen molar-refractivity contribution in [2.75, 3.05) is 11.4 Å². The van der Waals surface area contributed by atoms with Gasteiger partial charge in [0.2, 0.25) is 0 Å². The third-order valence-electron chi connectivity index (χ3n) is 4.95. The molecule has 0 unspecified atom stereocenters. The number of hydrogen-bond donors (Lipinski definition) is 1. The molecule has 3 rings (SSSR count). The molecule has 1 aliphatic heterocycles. The van der Waals surface area contributed by atoms with E-state index < -0.39 is 40.4 Å². The molecule has 0 bridgehead atoms. The summed E-state index contributed by atoms with van der Waals surface area (Å²) in [4.78, 5) is 11.6. The monoisotopic (exact) mass is 443 g/mol. The highest BCUT2D eigenvalue weighted by Gasteiger charge is 2.35. The molecule has 2 aromatic rings. The predicted octanol–water partition coefficient (Wildman–Crippen LogP) is 3.81. The summed E-state index contributed by atoms with van der Waals surface area (Å²) < 4.78 is 70.6. The third-order valence-corrected chi connectivity index (χ3v) is 6.87. The average molecular weight is 443 g/mol. The molecule has 0 fully saturated rings. The molecule has 1 N–H and O–H groups in total. The molecule has 30 heavy (non-hydrogen) atoms. The number of halogens is 3. The quantitative estimate of drug-likeness (QED) is 0.727. The van der Waals surface area contributed by atoms with Gasteiger partial charge in [-0.15, -0.1) is 0 Å². The van der Waals surface area contributed by atoms with E-state index in [1.807, 2.05) is 0 Å². The number of carbonyl (C=O) groups excluding carboxylic acids is 1. The predicted molar refractivity (Wildman–Crippen MR) is 103 cm³/mol. The number of esters is 1. The second-order valence-corrected chi connectivity index (χ2v) is 8.93. The zero-order valence-corrected chi connectivity index (χ0v) is 17.0. The Balaban J connectivity index is 2.06. The summed E-state index contributed by atoms with van der Waals surface area (Å²) in [7, 11) is -3.06. The first-order valence-corrected chi connectivity index (χ1v) is 10.5. The first-order valence-electron chi connectivity index (χ1n) is 9.08. The molecule has 162 valence electrons. The number of sulfonamides is 1. The molecule has 1 heterocycles. The number of phenolic OH excluding ortho intramolecular Hbond substituents is 1. The highest BCUT2D eigenvalue weighted by atomic mass is 32.2. The Morgan fingerprint density at radius 1 is 1.23 bits per heavy atom. The van der Waals surface area contributed by atoms with Gasteiger partial charge in [0.15, 0.2) is 0 Å². The van der Waals surface area contributed by atoms with Crippen LogP contribution in [0.5, 0.6) is 5.75 Å². The molecule has 0 spiro atoms. The molecule has 0 amide bonds. The van der Waals surface area contributed by atoms with Crippen LogP contribution in [0.25, 0.3) is 0 Å². The number of aromatic hydroxyl groups is 1. The van der Waals surface area contributed by atoms with Crippen molar-refractivity contribution >= 4 is 21.7 Å². The molecule has 1 atom stereocenters. The molecular formula is C20H20F3NO5S. The van der Waals surface area contributed by atoms with Gasteiger partial charge in [-0.25, -0.2) is 13.2 Å². The molecule has 0 saturated heterocycles. The van der Waals surface area contributed by atoms with E-state index >= 15 is 0 Å². The Kier molecular flexibility index (Phi) is 5.72. The Morgan fingerprint density at radius 2 is 1.93 bits per heavy atom. The number of hydrogen-bond acceptors (Lipinski definition) is 5. The lowest BCUT2D eigenvalue weighted by atomic mass is 9.96. The van der Waals surface area contributed by atoms with Crippen LogP contribution in [0.3, 0.4) is 0 Å². The van der Waals surface area contributed by atoms with E-state index in [9.17, 15) is 31.5 Å². The molecular weight excluding hydrogens is 423 g/mol. The first kappa shape index (κ1) is 21.9. The van der Waals surface area contributed by atoms with Crippen molar-refractivity contribution in [3.05, 3.63) is 53.1 Å². The van der Waals surface area contributed by atoms with Gasteiger partial charge in [0, 0.05) is 6.04 Å². The van der Waals surface area contributed by atoms with Crippen molar-refractivity contribution < 1.29 is 36.2 Å².